The summed E-state index contributed by atoms with van der Waals surface area (Å²) >= 11 is 0. The Morgan fingerprint density at radius 2 is 1.89 bits per heavy atom. The maximum atomic E-state index is 13.4. The van der Waals surface area contributed by atoms with Gasteiger partial charge in [0.2, 0.25) is 0 Å². The van der Waals surface area contributed by atoms with Gasteiger partial charge in [-0.1, -0.05) is 0 Å². The molecule has 0 saturated carbocycles. The third-order valence-electron chi connectivity index (χ3n) is 3.80. The Labute approximate surface area is 106 Å². The summed E-state index contributed by atoms with van der Waals surface area (Å²) in [7, 11) is 0. The molecule has 0 aliphatic carbocycles. The van der Waals surface area contributed by atoms with Gasteiger partial charge in [0.1, 0.15) is 5.82 Å². The number of halogens is 1. The van der Waals surface area contributed by atoms with Gasteiger partial charge < -0.3 is 15.4 Å². The molecule has 0 spiro atoms. The van der Waals surface area contributed by atoms with E-state index >= 15 is 0 Å². The zero-order chi connectivity index (χ0) is 12.5. The summed E-state index contributed by atoms with van der Waals surface area (Å²) in [5.41, 5.74) is 6.62. The highest BCUT2D eigenvalue weighted by molar-refractivity contribution is 5.54. The number of ether oxygens (including phenoxy) is 1. The zero-order valence-corrected chi connectivity index (χ0v) is 10.3. The Morgan fingerprint density at radius 1 is 1.17 bits per heavy atom. The summed E-state index contributed by atoms with van der Waals surface area (Å²) in [4.78, 5) is 4.66. The topological polar surface area (TPSA) is 41.7 Å². The van der Waals surface area contributed by atoms with Gasteiger partial charge in [0.15, 0.2) is 0 Å². The molecule has 1 aromatic rings. The van der Waals surface area contributed by atoms with Gasteiger partial charge in [-0.2, -0.15) is 0 Å². The van der Waals surface area contributed by atoms with Crippen LogP contribution in [0.1, 0.15) is 0 Å². The Kier molecular flexibility index (Phi) is 3.09. The summed E-state index contributed by atoms with van der Waals surface area (Å²) in [6.07, 6.45) is 0. The number of anilines is 2. The summed E-state index contributed by atoms with van der Waals surface area (Å²) < 4.78 is 18.6. The van der Waals surface area contributed by atoms with Crippen LogP contribution in [-0.4, -0.2) is 50.3 Å². The maximum Gasteiger partial charge on any atom is 0.148 e. The molecule has 1 aromatic carbocycles. The predicted octanol–water partition coefficient (Wildman–Crippen LogP) is 0.929. The molecule has 0 unspecified atom stereocenters. The second-order valence-corrected chi connectivity index (χ2v) is 4.92. The first-order valence-electron chi connectivity index (χ1n) is 6.36. The third-order valence-corrected chi connectivity index (χ3v) is 3.80. The van der Waals surface area contributed by atoms with Crippen LogP contribution < -0.4 is 10.6 Å². The highest BCUT2D eigenvalue weighted by Crippen LogP contribution is 2.22. The fraction of sp³-hybridized carbons (Fsp3) is 0.538. The lowest BCUT2D eigenvalue weighted by atomic mass is 10.1. The first-order valence-corrected chi connectivity index (χ1v) is 6.36. The molecule has 98 valence electrons. The first-order chi connectivity index (χ1) is 8.74. The van der Waals surface area contributed by atoms with Crippen molar-refractivity contribution in [3.05, 3.63) is 24.0 Å². The van der Waals surface area contributed by atoms with E-state index in [9.17, 15) is 4.39 Å². The first kappa shape index (κ1) is 11.7. The Hall–Kier alpha value is -1.33. The molecule has 0 bridgehead atoms. The lowest BCUT2D eigenvalue weighted by molar-refractivity contribution is -0.0660. The van der Waals surface area contributed by atoms with E-state index < -0.39 is 0 Å². The van der Waals surface area contributed by atoms with Gasteiger partial charge in [-0.3, -0.25) is 4.90 Å². The van der Waals surface area contributed by atoms with E-state index in [1.807, 2.05) is 6.07 Å². The van der Waals surface area contributed by atoms with Gasteiger partial charge in [0.25, 0.3) is 0 Å². The number of piperazine rings is 1. The molecule has 2 heterocycles. The van der Waals surface area contributed by atoms with Crippen LogP contribution in [0.2, 0.25) is 0 Å². The van der Waals surface area contributed by atoms with E-state index in [0.29, 0.717) is 6.04 Å². The minimum Gasteiger partial charge on any atom is -0.396 e. The average molecular weight is 251 g/mol. The van der Waals surface area contributed by atoms with E-state index in [-0.39, 0.29) is 11.5 Å². The highest BCUT2D eigenvalue weighted by Gasteiger charge is 2.28. The van der Waals surface area contributed by atoms with Gasteiger partial charge in [-0.25, -0.2) is 4.39 Å². The zero-order valence-electron chi connectivity index (χ0n) is 10.3. The number of rotatable bonds is 2. The minimum absolute atomic E-state index is 0.212. The standard InChI is InChI=1S/C13H18FN3O/c14-12-7-10(1-2-13(12)15)16-3-5-17(6-4-16)11-8-18-9-11/h1-2,7,11H,3-6,8-9,15H2. The fourth-order valence-corrected chi connectivity index (χ4v) is 2.49. The van der Waals surface area contributed by atoms with E-state index in [0.717, 1.165) is 45.1 Å². The normalized spacial score (nSPS) is 21.9. The van der Waals surface area contributed by atoms with E-state index in [1.54, 1.807) is 6.07 Å². The minimum atomic E-state index is -0.331. The molecule has 2 saturated heterocycles. The number of nitrogens with zero attached hydrogens (tertiary/aromatic N) is 2. The van der Waals surface area contributed by atoms with Crippen molar-refractivity contribution in [3.8, 4) is 0 Å². The summed E-state index contributed by atoms with van der Waals surface area (Å²) in [6.45, 7) is 5.60. The molecule has 0 amide bonds. The molecule has 0 atom stereocenters. The number of nitrogen functional groups attached to an aromatic ring is 1. The van der Waals surface area contributed by atoms with Gasteiger partial charge in [0.05, 0.1) is 24.9 Å². The van der Waals surface area contributed by atoms with Crippen LogP contribution in [0.4, 0.5) is 15.8 Å². The fourth-order valence-electron chi connectivity index (χ4n) is 2.49. The van der Waals surface area contributed by atoms with Crippen molar-refractivity contribution in [2.75, 3.05) is 50.0 Å². The van der Waals surface area contributed by atoms with Gasteiger partial charge in [0, 0.05) is 31.9 Å². The summed E-state index contributed by atoms with van der Waals surface area (Å²) in [6, 6.07) is 5.64. The van der Waals surface area contributed by atoms with Crippen molar-refractivity contribution in [1.82, 2.24) is 4.90 Å². The highest BCUT2D eigenvalue weighted by atomic mass is 19.1. The van der Waals surface area contributed by atoms with Crippen molar-refractivity contribution in [1.29, 1.82) is 0 Å². The number of benzene rings is 1. The van der Waals surface area contributed by atoms with Crippen molar-refractivity contribution in [3.63, 3.8) is 0 Å². The second-order valence-electron chi connectivity index (χ2n) is 4.92. The van der Waals surface area contributed by atoms with Crippen LogP contribution in [0.5, 0.6) is 0 Å². The monoisotopic (exact) mass is 251 g/mol. The Morgan fingerprint density at radius 3 is 2.44 bits per heavy atom. The molecule has 4 nitrogen and oxygen atoms in total. The molecule has 3 rings (SSSR count). The van der Waals surface area contributed by atoms with Crippen LogP contribution in [0.15, 0.2) is 18.2 Å². The van der Waals surface area contributed by atoms with Gasteiger partial charge in [-0.05, 0) is 18.2 Å². The number of nitrogens with two attached hydrogens (primary N) is 1. The molecular formula is C13H18FN3O. The average Bonchev–Trinajstić information content (AvgIpc) is 2.32. The van der Waals surface area contributed by atoms with Crippen molar-refractivity contribution in [2.45, 2.75) is 6.04 Å². The summed E-state index contributed by atoms with van der Waals surface area (Å²) in [5, 5.41) is 0. The molecule has 5 heteroatoms. The van der Waals surface area contributed by atoms with Crippen LogP contribution in [0.3, 0.4) is 0 Å². The number of hydrogen-bond donors (Lipinski definition) is 1. The molecule has 0 radical (unpaired) electrons. The molecule has 2 aliphatic heterocycles. The molecule has 2 N–H and O–H groups in total. The van der Waals surface area contributed by atoms with E-state index in [4.69, 9.17) is 10.5 Å². The van der Waals surface area contributed by atoms with Crippen molar-refractivity contribution >= 4 is 11.4 Å². The predicted molar refractivity (Wildman–Crippen MR) is 69.2 cm³/mol. The van der Waals surface area contributed by atoms with Crippen LogP contribution in [0.25, 0.3) is 0 Å². The quantitative estimate of drug-likeness (QED) is 0.794. The van der Waals surface area contributed by atoms with Crippen LogP contribution >= 0.6 is 0 Å². The largest absolute Gasteiger partial charge is 0.396 e. The lowest BCUT2D eigenvalue weighted by Gasteiger charge is -2.43. The molecule has 0 aromatic heterocycles. The van der Waals surface area contributed by atoms with Crippen molar-refractivity contribution < 1.29 is 9.13 Å². The van der Waals surface area contributed by atoms with E-state index in [2.05, 4.69) is 9.80 Å². The number of hydrogen-bond acceptors (Lipinski definition) is 4. The Bertz CT molecular complexity index is 428. The molecule has 2 aliphatic rings. The SMILES string of the molecule is Nc1ccc(N2CCN(C3COC3)CC2)cc1F. The van der Waals surface area contributed by atoms with Gasteiger partial charge in [-0.15, -0.1) is 0 Å². The molecular weight excluding hydrogens is 233 g/mol. The van der Waals surface area contributed by atoms with Gasteiger partial charge >= 0.3 is 0 Å². The smallest absolute Gasteiger partial charge is 0.148 e. The Balaban J connectivity index is 1.62. The van der Waals surface area contributed by atoms with Crippen LogP contribution in [0, 0.1) is 5.82 Å². The lowest BCUT2D eigenvalue weighted by Crippen LogP contribution is -2.56. The maximum absolute atomic E-state index is 13.4. The summed E-state index contributed by atoms with van der Waals surface area (Å²) in [5.74, 6) is -0.331. The van der Waals surface area contributed by atoms with E-state index in [1.165, 1.54) is 6.07 Å². The second kappa shape index (κ2) is 4.74. The van der Waals surface area contributed by atoms with Crippen LogP contribution in [-0.2, 0) is 4.74 Å². The molecule has 2 fully saturated rings. The third kappa shape index (κ3) is 2.15. The molecule has 18 heavy (non-hydrogen) atoms. The van der Waals surface area contributed by atoms with Crippen molar-refractivity contribution in [2.24, 2.45) is 0 Å².